The van der Waals surface area contributed by atoms with E-state index in [9.17, 15) is 14.0 Å². The summed E-state index contributed by atoms with van der Waals surface area (Å²) in [6, 6.07) is 25.6. The Labute approximate surface area is 209 Å². The van der Waals surface area contributed by atoms with E-state index in [0.29, 0.717) is 37.6 Å². The van der Waals surface area contributed by atoms with Crippen LogP contribution in [0, 0.1) is 11.7 Å². The third-order valence-electron chi connectivity index (χ3n) is 6.65. The van der Waals surface area contributed by atoms with E-state index in [1.165, 1.54) is 12.1 Å². The molecule has 0 radical (unpaired) electrons. The molecule has 6 nitrogen and oxygen atoms in total. The molecule has 1 aromatic heterocycles. The number of amides is 3. The number of aromatic nitrogens is 1. The van der Waals surface area contributed by atoms with Crippen molar-refractivity contribution < 1.29 is 14.0 Å². The predicted molar refractivity (Wildman–Crippen MR) is 140 cm³/mol. The van der Waals surface area contributed by atoms with Crippen LogP contribution in [0.4, 0.5) is 14.9 Å². The minimum Gasteiger partial charge on any atom is -0.338 e. The summed E-state index contributed by atoms with van der Waals surface area (Å²) in [7, 11) is 0. The number of fused-ring (bicyclic) bond motifs is 1. The second kappa shape index (κ2) is 10.6. The maximum Gasteiger partial charge on any atom is 0.319 e. The van der Waals surface area contributed by atoms with Gasteiger partial charge in [0.2, 0.25) is 0 Å². The van der Waals surface area contributed by atoms with Crippen molar-refractivity contribution in [2.45, 2.75) is 19.4 Å². The summed E-state index contributed by atoms with van der Waals surface area (Å²) in [6.45, 7) is 2.33. The second-order valence-electron chi connectivity index (χ2n) is 9.26. The van der Waals surface area contributed by atoms with Crippen LogP contribution >= 0.6 is 0 Å². The summed E-state index contributed by atoms with van der Waals surface area (Å²) in [5.41, 5.74) is 3.25. The number of likely N-dealkylation sites (tertiary alicyclic amines) is 1. The molecule has 1 unspecified atom stereocenters. The van der Waals surface area contributed by atoms with Crippen LogP contribution in [0.25, 0.3) is 10.9 Å². The molecule has 1 atom stereocenters. The third-order valence-corrected chi connectivity index (χ3v) is 6.65. The number of rotatable bonds is 6. The van der Waals surface area contributed by atoms with E-state index in [1.54, 1.807) is 12.1 Å². The standard InChI is InChI=1S/C29H29FN4O2/c30-24-12-6-13-25(17-24)32-29(36)31-18-22-10-7-15-33(19-22)28(35)27-16-23-11-4-5-14-26(23)34(27)20-21-8-2-1-3-9-21/h1-6,8-9,11-14,16-17,22H,7,10,15,18-20H2,(H2,31,32,36). The van der Waals surface area contributed by atoms with E-state index in [1.807, 2.05) is 47.4 Å². The van der Waals surface area contributed by atoms with Crippen molar-refractivity contribution in [3.05, 3.63) is 102 Å². The highest BCUT2D eigenvalue weighted by Gasteiger charge is 2.27. The van der Waals surface area contributed by atoms with Crippen molar-refractivity contribution in [1.29, 1.82) is 0 Å². The Hall–Kier alpha value is -4.13. The average molecular weight is 485 g/mol. The summed E-state index contributed by atoms with van der Waals surface area (Å²) in [4.78, 5) is 27.9. The van der Waals surface area contributed by atoms with E-state index in [0.717, 1.165) is 29.3 Å². The summed E-state index contributed by atoms with van der Waals surface area (Å²) in [5, 5.41) is 6.57. The van der Waals surface area contributed by atoms with Gasteiger partial charge < -0.3 is 20.1 Å². The predicted octanol–water partition coefficient (Wildman–Crippen LogP) is 5.50. The van der Waals surface area contributed by atoms with Gasteiger partial charge >= 0.3 is 6.03 Å². The fourth-order valence-electron chi connectivity index (χ4n) is 4.88. The highest BCUT2D eigenvalue weighted by Crippen LogP contribution is 2.25. The number of hydrogen-bond donors (Lipinski definition) is 2. The summed E-state index contributed by atoms with van der Waals surface area (Å²) >= 11 is 0. The summed E-state index contributed by atoms with van der Waals surface area (Å²) in [5.74, 6) is -0.247. The summed E-state index contributed by atoms with van der Waals surface area (Å²) < 4.78 is 15.5. The van der Waals surface area contributed by atoms with E-state index >= 15 is 0 Å². The normalized spacial score (nSPS) is 15.6. The first-order chi connectivity index (χ1) is 17.6. The third kappa shape index (κ3) is 5.40. The first-order valence-corrected chi connectivity index (χ1v) is 12.3. The van der Waals surface area contributed by atoms with Crippen LogP contribution in [-0.2, 0) is 6.54 Å². The number of nitrogens with zero attached hydrogens (tertiary/aromatic N) is 2. The Morgan fingerprint density at radius 3 is 2.58 bits per heavy atom. The zero-order chi connectivity index (χ0) is 24.9. The highest BCUT2D eigenvalue weighted by atomic mass is 19.1. The Morgan fingerprint density at radius 2 is 1.75 bits per heavy atom. The van der Waals surface area contributed by atoms with E-state index in [2.05, 4.69) is 33.4 Å². The van der Waals surface area contributed by atoms with Crippen LogP contribution in [0.3, 0.4) is 0 Å². The molecule has 5 rings (SSSR count). The number of anilines is 1. The highest BCUT2D eigenvalue weighted by molar-refractivity contribution is 5.99. The summed E-state index contributed by atoms with van der Waals surface area (Å²) in [6.07, 6.45) is 1.81. The molecule has 3 amide bonds. The molecule has 7 heteroatoms. The van der Waals surface area contributed by atoms with Gasteiger partial charge in [0, 0.05) is 42.8 Å². The zero-order valence-electron chi connectivity index (χ0n) is 20.0. The fraction of sp³-hybridized carbons (Fsp3) is 0.241. The van der Waals surface area contributed by atoms with Crippen LogP contribution in [0.1, 0.15) is 28.9 Å². The van der Waals surface area contributed by atoms with Gasteiger partial charge in [-0.2, -0.15) is 0 Å². The molecule has 0 saturated carbocycles. The Kier molecular flexibility index (Phi) is 6.98. The minimum atomic E-state index is -0.404. The van der Waals surface area contributed by atoms with Crippen molar-refractivity contribution in [1.82, 2.24) is 14.8 Å². The zero-order valence-corrected chi connectivity index (χ0v) is 20.0. The molecule has 2 heterocycles. The van der Waals surface area contributed by atoms with Gasteiger partial charge in [0.15, 0.2) is 0 Å². The SMILES string of the molecule is O=C(NCC1CCCN(C(=O)c2cc3ccccc3n2Cc2ccccc2)C1)Nc1cccc(F)c1. The van der Waals surface area contributed by atoms with Crippen molar-refractivity contribution in [2.75, 3.05) is 25.0 Å². The van der Waals surface area contributed by atoms with Crippen LogP contribution < -0.4 is 10.6 Å². The quantitative estimate of drug-likeness (QED) is 0.379. The smallest absolute Gasteiger partial charge is 0.319 e. The lowest BCUT2D eigenvalue weighted by atomic mass is 9.97. The molecular formula is C29H29FN4O2. The molecule has 0 spiro atoms. The van der Waals surface area contributed by atoms with Crippen molar-refractivity contribution in [3.8, 4) is 0 Å². The van der Waals surface area contributed by atoms with Gasteiger partial charge in [-0.15, -0.1) is 0 Å². The lowest BCUT2D eigenvalue weighted by Gasteiger charge is -2.33. The molecule has 1 fully saturated rings. The van der Waals surface area contributed by atoms with Crippen LogP contribution in [0.15, 0.2) is 84.9 Å². The average Bonchev–Trinajstić information content (AvgIpc) is 3.26. The van der Waals surface area contributed by atoms with Crippen LogP contribution in [0.5, 0.6) is 0 Å². The first kappa shape index (κ1) is 23.6. The number of urea groups is 1. The molecule has 36 heavy (non-hydrogen) atoms. The van der Waals surface area contributed by atoms with Crippen molar-refractivity contribution >= 4 is 28.5 Å². The molecule has 184 valence electrons. The lowest BCUT2D eigenvalue weighted by molar-refractivity contribution is 0.0665. The van der Waals surface area contributed by atoms with Crippen molar-refractivity contribution in [3.63, 3.8) is 0 Å². The van der Waals surface area contributed by atoms with Crippen molar-refractivity contribution in [2.24, 2.45) is 5.92 Å². The number of halogens is 1. The van der Waals surface area contributed by atoms with E-state index in [4.69, 9.17) is 0 Å². The molecule has 4 aromatic rings. The number of carbonyl (C=O) groups is 2. The maximum absolute atomic E-state index is 13.7. The molecular weight excluding hydrogens is 455 g/mol. The van der Waals surface area contributed by atoms with Gasteiger partial charge in [-0.1, -0.05) is 54.6 Å². The Morgan fingerprint density at radius 1 is 0.944 bits per heavy atom. The number of piperidine rings is 1. The first-order valence-electron chi connectivity index (χ1n) is 12.3. The van der Waals surface area contributed by atoms with Gasteiger partial charge in [0.25, 0.3) is 5.91 Å². The van der Waals surface area contributed by atoms with E-state index < -0.39 is 5.82 Å². The largest absolute Gasteiger partial charge is 0.338 e. The van der Waals surface area contributed by atoms with Gasteiger partial charge in [-0.25, -0.2) is 9.18 Å². The molecule has 1 saturated heterocycles. The molecule has 1 aliphatic rings. The van der Waals surface area contributed by atoms with Crippen LogP contribution in [0.2, 0.25) is 0 Å². The number of nitrogens with one attached hydrogen (secondary N) is 2. The van der Waals surface area contributed by atoms with Gasteiger partial charge in [-0.05, 0) is 54.7 Å². The maximum atomic E-state index is 13.7. The molecule has 2 N–H and O–H groups in total. The van der Waals surface area contributed by atoms with Gasteiger partial charge in [-0.3, -0.25) is 4.79 Å². The topological polar surface area (TPSA) is 66.4 Å². The lowest BCUT2D eigenvalue weighted by Crippen LogP contribution is -2.44. The second-order valence-corrected chi connectivity index (χ2v) is 9.26. The Bertz CT molecular complexity index is 1370. The Balaban J connectivity index is 1.27. The number of benzene rings is 3. The number of para-hydroxylation sites is 1. The van der Waals surface area contributed by atoms with E-state index in [-0.39, 0.29) is 17.9 Å². The number of carbonyl (C=O) groups excluding carboxylic acids is 2. The van der Waals surface area contributed by atoms with Gasteiger partial charge in [0.1, 0.15) is 11.5 Å². The fourth-order valence-corrected chi connectivity index (χ4v) is 4.88. The van der Waals surface area contributed by atoms with Gasteiger partial charge in [0.05, 0.1) is 0 Å². The molecule has 0 bridgehead atoms. The minimum absolute atomic E-state index is 0.0102. The molecule has 1 aliphatic heterocycles. The molecule has 3 aromatic carbocycles. The molecule has 0 aliphatic carbocycles. The number of hydrogen-bond acceptors (Lipinski definition) is 2. The van der Waals surface area contributed by atoms with Crippen LogP contribution in [-0.4, -0.2) is 41.0 Å². The monoisotopic (exact) mass is 484 g/mol.